The molecule has 108 valence electrons. The Hall–Kier alpha value is -2.33. The second-order valence-corrected chi connectivity index (χ2v) is 4.65. The average Bonchev–Trinajstić information content (AvgIpc) is 2.53. The van der Waals surface area contributed by atoms with Crippen molar-refractivity contribution < 1.29 is 19.1 Å². The molecule has 0 heterocycles. The first-order valence-electron chi connectivity index (χ1n) is 6.19. The van der Waals surface area contributed by atoms with Crippen molar-refractivity contribution in [2.75, 3.05) is 7.11 Å². The molecule has 0 aliphatic rings. The molecule has 2 rings (SSSR count). The first-order valence-corrected chi connectivity index (χ1v) is 6.57. The molecule has 0 aliphatic heterocycles. The third-order valence-electron chi connectivity index (χ3n) is 2.90. The number of hydrogen-bond acceptors (Lipinski definition) is 4. The zero-order chi connectivity index (χ0) is 15.2. The molecule has 0 amide bonds. The number of halogens is 1. The normalized spacial score (nSPS) is 10.0. The van der Waals surface area contributed by atoms with Crippen LogP contribution in [0.5, 0.6) is 5.75 Å². The van der Waals surface area contributed by atoms with E-state index in [0.717, 1.165) is 0 Å². The Bertz CT molecular complexity index is 667. The van der Waals surface area contributed by atoms with Crippen LogP contribution in [0.1, 0.15) is 26.3 Å². The Morgan fingerprint density at radius 2 is 2.00 bits per heavy atom. The van der Waals surface area contributed by atoms with Crippen LogP contribution < -0.4 is 4.74 Å². The predicted molar refractivity (Wildman–Crippen MR) is 79.0 cm³/mol. The second-order valence-electron chi connectivity index (χ2n) is 4.25. The summed E-state index contributed by atoms with van der Waals surface area (Å²) in [6.45, 7) is 0.172. The lowest BCUT2D eigenvalue weighted by Crippen LogP contribution is -2.07. The van der Waals surface area contributed by atoms with E-state index in [-0.39, 0.29) is 6.61 Å². The molecule has 0 saturated heterocycles. The van der Waals surface area contributed by atoms with E-state index in [1.807, 2.05) is 6.07 Å². The predicted octanol–water partition coefficient (Wildman–Crippen LogP) is 3.52. The zero-order valence-corrected chi connectivity index (χ0v) is 12.1. The Morgan fingerprint density at radius 1 is 1.24 bits per heavy atom. The average molecular weight is 305 g/mol. The van der Waals surface area contributed by atoms with Crippen molar-refractivity contribution in [1.29, 1.82) is 0 Å². The number of rotatable bonds is 5. The van der Waals surface area contributed by atoms with Crippen LogP contribution in [0.3, 0.4) is 0 Å². The van der Waals surface area contributed by atoms with Gasteiger partial charge in [0.05, 0.1) is 17.7 Å². The molecule has 2 aromatic carbocycles. The minimum Gasteiger partial charge on any atom is -0.487 e. The number of carbonyl (C=O) groups excluding carboxylic acids is 2. The number of ether oxygens (including phenoxy) is 2. The van der Waals surface area contributed by atoms with Gasteiger partial charge in [-0.1, -0.05) is 29.8 Å². The van der Waals surface area contributed by atoms with Crippen molar-refractivity contribution in [1.82, 2.24) is 0 Å². The van der Waals surface area contributed by atoms with Crippen molar-refractivity contribution in [2.45, 2.75) is 6.61 Å². The van der Waals surface area contributed by atoms with Crippen molar-refractivity contribution in [3.63, 3.8) is 0 Å². The van der Waals surface area contributed by atoms with Gasteiger partial charge in [-0.05, 0) is 24.3 Å². The number of aldehydes is 1. The minimum atomic E-state index is -0.420. The summed E-state index contributed by atoms with van der Waals surface area (Å²) in [4.78, 5) is 22.3. The highest BCUT2D eigenvalue weighted by atomic mass is 35.5. The van der Waals surface area contributed by atoms with Crippen molar-refractivity contribution in [3.05, 3.63) is 64.2 Å². The van der Waals surface area contributed by atoms with Gasteiger partial charge in [-0.2, -0.15) is 0 Å². The largest absolute Gasteiger partial charge is 0.487 e. The van der Waals surface area contributed by atoms with Gasteiger partial charge < -0.3 is 9.47 Å². The third-order valence-corrected chi connectivity index (χ3v) is 3.19. The fraction of sp³-hybridized carbons (Fsp3) is 0.125. The quantitative estimate of drug-likeness (QED) is 0.626. The molecule has 0 atom stereocenters. The molecule has 0 aromatic heterocycles. The summed E-state index contributed by atoms with van der Waals surface area (Å²) in [7, 11) is 1.33. The van der Waals surface area contributed by atoms with E-state index >= 15 is 0 Å². The van der Waals surface area contributed by atoms with Gasteiger partial charge in [0, 0.05) is 11.1 Å². The summed E-state index contributed by atoms with van der Waals surface area (Å²) >= 11 is 6.03. The lowest BCUT2D eigenvalue weighted by Gasteiger charge is -2.11. The smallest absolute Gasteiger partial charge is 0.338 e. The van der Waals surface area contributed by atoms with Gasteiger partial charge in [0.25, 0.3) is 0 Å². The van der Waals surface area contributed by atoms with E-state index in [2.05, 4.69) is 0 Å². The molecule has 21 heavy (non-hydrogen) atoms. The summed E-state index contributed by atoms with van der Waals surface area (Å²) in [6, 6.07) is 11.8. The maximum Gasteiger partial charge on any atom is 0.338 e. The van der Waals surface area contributed by atoms with Crippen LogP contribution in [0.15, 0.2) is 42.5 Å². The highest BCUT2D eigenvalue weighted by Crippen LogP contribution is 2.26. The van der Waals surface area contributed by atoms with Crippen LogP contribution in [0.4, 0.5) is 0 Å². The maximum absolute atomic E-state index is 11.7. The standard InChI is InChI=1S/C16H13ClO4/c1-20-16(19)13-5-3-2-4-12(13)10-21-15-7-6-11(9-18)8-14(15)17/h2-9H,10H2,1H3. The second kappa shape index (κ2) is 6.90. The van der Waals surface area contributed by atoms with Gasteiger partial charge in [-0.25, -0.2) is 4.79 Å². The van der Waals surface area contributed by atoms with Crippen LogP contribution in [0.2, 0.25) is 5.02 Å². The van der Waals surface area contributed by atoms with E-state index in [1.54, 1.807) is 30.3 Å². The van der Waals surface area contributed by atoms with Crippen LogP contribution in [-0.2, 0) is 11.3 Å². The first kappa shape index (κ1) is 15.1. The van der Waals surface area contributed by atoms with Gasteiger partial charge in [0.1, 0.15) is 18.6 Å². The number of hydrogen-bond donors (Lipinski definition) is 0. The molecule has 0 bridgehead atoms. The molecule has 0 spiro atoms. The molecule has 5 heteroatoms. The molecule has 0 radical (unpaired) electrons. The molecular formula is C16H13ClO4. The van der Waals surface area contributed by atoms with Crippen LogP contribution in [0.25, 0.3) is 0 Å². The molecular weight excluding hydrogens is 292 g/mol. The van der Waals surface area contributed by atoms with Gasteiger partial charge in [-0.15, -0.1) is 0 Å². The Balaban J connectivity index is 2.17. The van der Waals surface area contributed by atoms with E-state index < -0.39 is 5.97 Å². The highest BCUT2D eigenvalue weighted by molar-refractivity contribution is 6.32. The molecule has 0 fully saturated rings. The topological polar surface area (TPSA) is 52.6 Å². The van der Waals surface area contributed by atoms with Crippen LogP contribution in [-0.4, -0.2) is 19.4 Å². The van der Waals surface area contributed by atoms with E-state index in [0.29, 0.717) is 33.7 Å². The monoisotopic (exact) mass is 304 g/mol. The third kappa shape index (κ3) is 3.61. The number of methoxy groups -OCH3 is 1. The number of carbonyl (C=O) groups is 2. The van der Waals surface area contributed by atoms with Crippen molar-refractivity contribution in [3.8, 4) is 5.75 Å². The summed E-state index contributed by atoms with van der Waals surface area (Å²) in [6.07, 6.45) is 0.711. The first-order chi connectivity index (χ1) is 10.2. The Labute approximate surface area is 127 Å². The fourth-order valence-electron chi connectivity index (χ4n) is 1.82. The van der Waals surface area contributed by atoms with E-state index in [4.69, 9.17) is 21.1 Å². The Morgan fingerprint density at radius 3 is 2.67 bits per heavy atom. The SMILES string of the molecule is COC(=O)c1ccccc1COc1ccc(C=O)cc1Cl. The van der Waals surface area contributed by atoms with Crippen molar-refractivity contribution in [2.24, 2.45) is 0 Å². The van der Waals surface area contributed by atoms with Gasteiger partial charge in [0.2, 0.25) is 0 Å². The molecule has 2 aromatic rings. The molecule has 4 nitrogen and oxygen atoms in total. The highest BCUT2D eigenvalue weighted by Gasteiger charge is 2.12. The minimum absolute atomic E-state index is 0.172. The molecule has 0 saturated carbocycles. The number of esters is 1. The fourth-order valence-corrected chi connectivity index (χ4v) is 2.06. The Kier molecular flexibility index (Phi) is 4.95. The molecule has 0 unspecified atom stereocenters. The maximum atomic E-state index is 11.7. The zero-order valence-electron chi connectivity index (χ0n) is 11.3. The molecule has 0 aliphatic carbocycles. The summed E-state index contributed by atoms with van der Waals surface area (Å²) in [5.41, 5.74) is 1.61. The van der Waals surface area contributed by atoms with Gasteiger partial charge in [-0.3, -0.25) is 4.79 Å². The number of benzene rings is 2. The van der Waals surface area contributed by atoms with Gasteiger partial charge >= 0.3 is 5.97 Å². The van der Waals surface area contributed by atoms with Crippen LogP contribution in [0, 0.1) is 0 Å². The summed E-state index contributed by atoms with van der Waals surface area (Å²) in [5.74, 6) is 0.0264. The van der Waals surface area contributed by atoms with Gasteiger partial charge in [0.15, 0.2) is 0 Å². The van der Waals surface area contributed by atoms with E-state index in [1.165, 1.54) is 13.2 Å². The lowest BCUT2D eigenvalue weighted by molar-refractivity contribution is 0.0597. The summed E-state index contributed by atoms with van der Waals surface area (Å²) in [5, 5.41) is 0.343. The molecule has 0 N–H and O–H groups in total. The lowest BCUT2D eigenvalue weighted by atomic mass is 10.1. The van der Waals surface area contributed by atoms with Crippen LogP contribution >= 0.6 is 11.6 Å². The van der Waals surface area contributed by atoms with Crippen molar-refractivity contribution >= 4 is 23.9 Å². The summed E-state index contributed by atoms with van der Waals surface area (Å²) < 4.78 is 10.3. The van der Waals surface area contributed by atoms with E-state index in [9.17, 15) is 9.59 Å².